The second-order valence-corrected chi connectivity index (χ2v) is 4.19. The van der Waals surface area contributed by atoms with E-state index in [1.165, 1.54) is 19.5 Å². The lowest BCUT2D eigenvalue weighted by Crippen LogP contribution is -2.11. The van der Waals surface area contributed by atoms with E-state index in [-0.39, 0.29) is 22.8 Å². The first-order valence-corrected chi connectivity index (χ1v) is 5.84. The van der Waals surface area contributed by atoms with Crippen molar-refractivity contribution in [1.82, 2.24) is 9.97 Å². The minimum absolute atomic E-state index is 0.00831. The molecule has 0 spiro atoms. The van der Waals surface area contributed by atoms with Crippen LogP contribution in [0.5, 0.6) is 5.88 Å². The molecule has 0 saturated carbocycles. The number of hydrogen-bond donors (Lipinski definition) is 2. The minimum atomic E-state index is -4.53. The van der Waals surface area contributed by atoms with Crippen molar-refractivity contribution in [3.05, 3.63) is 47.4 Å². The number of anilines is 1. The summed E-state index contributed by atoms with van der Waals surface area (Å²) in [6.45, 7) is 0. The molecule has 0 bridgehead atoms. The Kier molecular flexibility index (Phi) is 3.99. The first-order chi connectivity index (χ1) is 9.84. The second-order valence-electron chi connectivity index (χ2n) is 4.19. The van der Waals surface area contributed by atoms with Crippen LogP contribution in [0.2, 0.25) is 0 Å². The molecule has 1 aromatic carbocycles. The van der Waals surface area contributed by atoms with Crippen molar-refractivity contribution in [3.8, 4) is 5.88 Å². The van der Waals surface area contributed by atoms with Gasteiger partial charge in [0.25, 0.3) is 0 Å². The van der Waals surface area contributed by atoms with Crippen LogP contribution in [0, 0.1) is 0 Å². The highest BCUT2D eigenvalue weighted by Gasteiger charge is 2.32. The summed E-state index contributed by atoms with van der Waals surface area (Å²) in [4.78, 5) is 7.72. The molecule has 1 aromatic heterocycles. The van der Waals surface area contributed by atoms with Crippen molar-refractivity contribution in [2.24, 2.45) is 0 Å². The van der Waals surface area contributed by atoms with Gasteiger partial charge < -0.3 is 15.6 Å². The van der Waals surface area contributed by atoms with Crippen LogP contribution in [-0.2, 0) is 6.18 Å². The number of aliphatic hydroxyl groups excluding tert-OH is 1. The molecular formula is C13H12F3N3O2. The maximum Gasteiger partial charge on any atom is 0.416 e. The summed E-state index contributed by atoms with van der Waals surface area (Å²) < 4.78 is 43.1. The highest BCUT2D eigenvalue weighted by molar-refractivity contribution is 5.52. The first kappa shape index (κ1) is 15.0. The van der Waals surface area contributed by atoms with Crippen molar-refractivity contribution in [1.29, 1.82) is 0 Å². The number of alkyl halides is 3. The Morgan fingerprint density at radius 2 is 1.90 bits per heavy atom. The number of nitrogen functional groups attached to an aromatic ring is 1. The second kappa shape index (κ2) is 5.57. The van der Waals surface area contributed by atoms with Crippen molar-refractivity contribution >= 4 is 5.69 Å². The summed E-state index contributed by atoms with van der Waals surface area (Å²) in [7, 11) is 1.32. The predicted molar refractivity (Wildman–Crippen MR) is 68.5 cm³/mol. The number of nitrogens with two attached hydrogens (primary N) is 1. The zero-order chi connectivity index (χ0) is 15.6. The van der Waals surface area contributed by atoms with Crippen LogP contribution in [0.3, 0.4) is 0 Å². The number of nitrogens with zero attached hydrogens (tertiary/aromatic N) is 2. The van der Waals surface area contributed by atoms with Gasteiger partial charge in [-0.25, -0.2) is 4.98 Å². The third-order valence-corrected chi connectivity index (χ3v) is 2.85. The van der Waals surface area contributed by atoms with Gasteiger partial charge in [-0.3, -0.25) is 4.98 Å². The van der Waals surface area contributed by atoms with E-state index in [4.69, 9.17) is 10.5 Å². The zero-order valence-corrected chi connectivity index (χ0v) is 10.9. The lowest BCUT2D eigenvalue weighted by molar-refractivity contribution is -0.137. The Hall–Kier alpha value is -2.35. The standard InChI is InChI=1S/C13H12F3N3O2/c1-21-12-10(18-4-5-19-12)11(20)8-6-7(13(14,15)16)2-3-9(8)17/h2-6,11,20H,17H2,1H3. The number of aromatic nitrogens is 2. The van der Waals surface area contributed by atoms with Gasteiger partial charge in [0.05, 0.1) is 12.7 Å². The number of halogens is 3. The van der Waals surface area contributed by atoms with E-state index in [1.807, 2.05) is 0 Å². The summed E-state index contributed by atoms with van der Waals surface area (Å²) in [6.07, 6.45) is -3.37. The predicted octanol–water partition coefficient (Wildman–Crippen LogP) is 2.17. The minimum Gasteiger partial charge on any atom is -0.480 e. The summed E-state index contributed by atoms with van der Waals surface area (Å²) in [5, 5.41) is 10.2. The Morgan fingerprint density at radius 1 is 1.24 bits per heavy atom. The average molecular weight is 299 g/mol. The van der Waals surface area contributed by atoms with E-state index < -0.39 is 17.8 Å². The fraction of sp³-hybridized carbons (Fsp3) is 0.231. The summed E-state index contributed by atoms with van der Waals surface area (Å²) in [6, 6.07) is 2.72. The van der Waals surface area contributed by atoms with E-state index >= 15 is 0 Å². The third-order valence-electron chi connectivity index (χ3n) is 2.85. The van der Waals surface area contributed by atoms with Crippen LogP contribution in [0.25, 0.3) is 0 Å². The van der Waals surface area contributed by atoms with Gasteiger partial charge in [-0.05, 0) is 18.2 Å². The Balaban J connectivity index is 2.50. The largest absolute Gasteiger partial charge is 0.480 e. The Morgan fingerprint density at radius 3 is 2.52 bits per heavy atom. The SMILES string of the molecule is COc1nccnc1C(O)c1cc(C(F)(F)F)ccc1N. The molecule has 0 amide bonds. The molecule has 0 aliphatic rings. The molecule has 5 nitrogen and oxygen atoms in total. The maximum absolute atomic E-state index is 12.7. The molecular weight excluding hydrogens is 287 g/mol. The third kappa shape index (κ3) is 3.05. The van der Waals surface area contributed by atoms with E-state index in [0.29, 0.717) is 0 Å². The number of benzene rings is 1. The van der Waals surface area contributed by atoms with Gasteiger partial charge in [0.2, 0.25) is 5.88 Å². The molecule has 2 aromatic rings. The molecule has 0 aliphatic heterocycles. The van der Waals surface area contributed by atoms with Crippen molar-refractivity contribution in [3.63, 3.8) is 0 Å². The molecule has 0 radical (unpaired) electrons. The molecule has 8 heteroatoms. The number of hydrogen-bond acceptors (Lipinski definition) is 5. The molecule has 0 aliphatic carbocycles. The average Bonchev–Trinajstić information content (AvgIpc) is 2.45. The Labute approximate surface area is 118 Å². The number of ether oxygens (including phenoxy) is 1. The fourth-order valence-electron chi connectivity index (χ4n) is 1.82. The van der Waals surface area contributed by atoms with Crippen LogP contribution in [-0.4, -0.2) is 22.2 Å². The number of rotatable bonds is 3. The topological polar surface area (TPSA) is 81.3 Å². The van der Waals surface area contributed by atoms with Crippen molar-refractivity contribution in [2.75, 3.05) is 12.8 Å². The number of methoxy groups -OCH3 is 1. The van der Waals surface area contributed by atoms with Crippen LogP contribution < -0.4 is 10.5 Å². The van der Waals surface area contributed by atoms with Gasteiger partial charge >= 0.3 is 6.18 Å². The van der Waals surface area contributed by atoms with Crippen LogP contribution in [0.4, 0.5) is 18.9 Å². The van der Waals surface area contributed by atoms with Crippen molar-refractivity contribution in [2.45, 2.75) is 12.3 Å². The smallest absolute Gasteiger partial charge is 0.416 e. The molecule has 0 fully saturated rings. The quantitative estimate of drug-likeness (QED) is 0.849. The summed E-state index contributed by atoms with van der Waals surface area (Å²) >= 11 is 0. The molecule has 1 heterocycles. The monoisotopic (exact) mass is 299 g/mol. The highest BCUT2D eigenvalue weighted by atomic mass is 19.4. The molecule has 1 atom stereocenters. The number of aliphatic hydroxyl groups is 1. The maximum atomic E-state index is 12.7. The lowest BCUT2D eigenvalue weighted by atomic mass is 10.0. The zero-order valence-electron chi connectivity index (χ0n) is 10.9. The van der Waals surface area contributed by atoms with E-state index in [2.05, 4.69) is 9.97 Å². The lowest BCUT2D eigenvalue weighted by Gasteiger charge is -2.16. The molecule has 0 saturated heterocycles. The van der Waals surface area contributed by atoms with Gasteiger partial charge in [-0.2, -0.15) is 13.2 Å². The molecule has 2 rings (SSSR count). The summed E-state index contributed by atoms with van der Waals surface area (Å²) in [5.74, 6) is 0.0156. The van der Waals surface area contributed by atoms with Crippen LogP contribution in [0.15, 0.2) is 30.6 Å². The van der Waals surface area contributed by atoms with Crippen LogP contribution in [0.1, 0.15) is 22.9 Å². The van der Waals surface area contributed by atoms with Crippen molar-refractivity contribution < 1.29 is 23.0 Å². The van der Waals surface area contributed by atoms with Gasteiger partial charge in [-0.1, -0.05) is 0 Å². The van der Waals surface area contributed by atoms with E-state index in [9.17, 15) is 18.3 Å². The van der Waals surface area contributed by atoms with Gasteiger partial charge in [0.1, 0.15) is 11.8 Å². The van der Waals surface area contributed by atoms with Crippen LogP contribution >= 0.6 is 0 Å². The molecule has 3 N–H and O–H groups in total. The molecule has 21 heavy (non-hydrogen) atoms. The Bertz CT molecular complexity index is 647. The fourth-order valence-corrected chi connectivity index (χ4v) is 1.82. The van der Waals surface area contributed by atoms with E-state index in [0.717, 1.165) is 18.2 Å². The molecule has 112 valence electrons. The van der Waals surface area contributed by atoms with Gasteiger partial charge in [0.15, 0.2) is 0 Å². The first-order valence-electron chi connectivity index (χ1n) is 5.84. The summed E-state index contributed by atoms with van der Waals surface area (Å²) in [5.41, 5.74) is 4.64. The van der Waals surface area contributed by atoms with Gasteiger partial charge in [0, 0.05) is 23.6 Å². The normalized spacial score (nSPS) is 13.0. The van der Waals surface area contributed by atoms with Gasteiger partial charge in [-0.15, -0.1) is 0 Å². The highest BCUT2D eigenvalue weighted by Crippen LogP contribution is 2.35. The molecule has 1 unspecified atom stereocenters. The van der Waals surface area contributed by atoms with E-state index in [1.54, 1.807) is 0 Å².